The molecule has 1 aromatic carbocycles. The number of hydrogen-bond donors (Lipinski definition) is 0. The van der Waals surface area contributed by atoms with Gasteiger partial charge in [0.05, 0.1) is 19.7 Å². The Kier molecular flexibility index (Phi) is 3.04. The zero-order valence-electron chi connectivity index (χ0n) is 10.2. The number of aryl methyl sites for hydroxylation is 1. The largest absolute Gasteiger partial charge is 0.496 e. The van der Waals surface area contributed by atoms with Crippen LogP contribution >= 0.6 is 0 Å². The van der Waals surface area contributed by atoms with Gasteiger partial charge in [0.2, 0.25) is 0 Å². The SMILES string of the molecule is CCn1c(C(=O)OC)cc2c(OC)cccc21. The number of aromatic nitrogens is 1. The van der Waals surface area contributed by atoms with Gasteiger partial charge in [-0.2, -0.15) is 0 Å². The maximum absolute atomic E-state index is 11.7. The van der Waals surface area contributed by atoms with Gasteiger partial charge in [0, 0.05) is 11.9 Å². The van der Waals surface area contributed by atoms with Crippen molar-refractivity contribution in [3.63, 3.8) is 0 Å². The molecule has 0 N–H and O–H groups in total. The van der Waals surface area contributed by atoms with Crippen molar-refractivity contribution in [1.82, 2.24) is 4.57 Å². The van der Waals surface area contributed by atoms with Gasteiger partial charge in [0.25, 0.3) is 0 Å². The summed E-state index contributed by atoms with van der Waals surface area (Å²) in [7, 11) is 3.01. The third-order valence-corrected chi connectivity index (χ3v) is 2.84. The molecule has 0 fully saturated rings. The lowest BCUT2D eigenvalue weighted by Gasteiger charge is -2.06. The average molecular weight is 233 g/mol. The van der Waals surface area contributed by atoms with Crippen molar-refractivity contribution in [3.8, 4) is 5.75 Å². The van der Waals surface area contributed by atoms with E-state index in [-0.39, 0.29) is 5.97 Å². The van der Waals surface area contributed by atoms with Crippen molar-refractivity contribution in [2.75, 3.05) is 14.2 Å². The molecule has 90 valence electrons. The third-order valence-electron chi connectivity index (χ3n) is 2.84. The van der Waals surface area contributed by atoms with E-state index in [0.717, 1.165) is 16.7 Å². The molecule has 0 aliphatic rings. The Morgan fingerprint density at radius 3 is 2.71 bits per heavy atom. The summed E-state index contributed by atoms with van der Waals surface area (Å²) < 4.78 is 12.0. The van der Waals surface area contributed by atoms with E-state index >= 15 is 0 Å². The van der Waals surface area contributed by atoms with E-state index in [1.165, 1.54) is 7.11 Å². The Morgan fingerprint density at radius 2 is 2.12 bits per heavy atom. The quantitative estimate of drug-likeness (QED) is 0.764. The highest BCUT2D eigenvalue weighted by molar-refractivity contribution is 5.97. The summed E-state index contributed by atoms with van der Waals surface area (Å²) in [4.78, 5) is 11.7. The molecule has 0 saturated carbocycles. The van der Waals surface area contributed by atoms with Crippen molar-refractivity contribution >= 4 is 16.9 Å². The van der Waals surface area contributed by atoms with Gasteiger partial charge in [-0.05, 0) is 25.1 Å². The smallest absolute Gasteiger partial charge is 0.354 e. The maximum atomic E-state index is 11.7. The van der Waals surface area contributed by atoms with Crippen LogP contribution in [0.2, 0.25) is 0 Å². The molecule has 0 amide bonds. The first-order valence-electron chi connectivity index (χ1n) is 5.47. The van der Waals surface area contributed by atoms with Crippen LogP contribution in [-0.4, -0.2) is 24.8 Å². The summed E-state index contributed by atoms with van der Waals surface area (Å²) in [6.07, 6.45) is 0. The van der Waals surface area contributed by atoms with Gasteiger partial charge in [-0.25, -0.2) is 4.79 Å². The number of ether oxygens (including phenoxy) is 2. The monoisotopic (exact) mass is 233 g/mol. The maximum Gasteiger partial charge on any atom is 0.354 e. The molecular weight excluding hydrogens is 218 g/mol. The number of benzene rings is 1. The van der Waals surface area contributed by atoms with Crippen LogP contribution in [0.1, 0.15) is 17.4 Å². The van der Waals surface area contributed by atoms with Gasteiger partial charge in [-0.1, -0.05) is 6.07 Å². The molecular formula is C13H15NO3. The summed E-state index contributed by atoms with van der Waals surface area (Å²) in [5.74, 6) is 0.435. The van der Waals surface area contributed by atoms with Crippen LogP contribution in [0.15, 0.2) is 24.3 Å². The van der Waals surface area contributed by atoms with Crippen molar-refractivity contribution in [2.24, 2.45) is 0 Å². The summed E-state index contributed by atoms with van der Waals surface area (Å²) in [5.41, 5.74) is 1.53. The molecule has 17 heavy (non-hydrogen) atoms. The van der Waals surface area contributed by atoms with Gasteiger partial charge in [0.1, 0.15) is 11.4 Å². The van der Waals surface area contributed by atoms with Crippen LogP contribution in [0.5, 0.6) is 5.75 Å². The van der Waals surface area contributed by atoms with Crippen molar-refractivity contribution in [3.05, 3.63) is 30.0 Å². The molecule has 4 nitrogen and oxygen atoms in total. The number of methoxy groups -OCH3 is 2. The zero-order chi connectivity index (χ0) is 12.4. The Bertz CT molecular complexity index is 557. The summed E-state index contributed by atoms with van der Waals surface area (Å²) in [6.45, 7) is 2.70. The second-order valence-electron chi connectivity index (χ2n) is 3.66. The number of hydrogen-bond acceptors (Lipinski definition) is 3. The van der Waals surface area contributed by atoms with Gasteiger partial charge in [-0.15, -0.1) is 0 Å². The molecule has 0 aliphatic carbocycles. The Balaban J connectivity index is 2.74. The Hall–Kier alpha value is -1.97. The molecule has 0 unspecified atom stereocenters. The predicted octanol–water partition coefficient (Wildman–Crippen LogP) is 2.46. The normalized spacial score (nSPS) is 10.5. The molecule has 0 radical (unpaired) electrons. The van der Waals surface area contributed by atoms with Crippen LogP contribution < -0.4 is 4.74 Å². The second kappa shape index (κ2) is 4.49. The fourth-order valence-corrected chi connectivity index (χ4v) is 2.05. The molecule has 1 aromatic heterocycles. The van der Waals surface area contributed by atoms with Crippen molar-refractivity contribution in [2.45, 2.75) is 13.5 Å². The highest BCUT2D eigenvalue weighted by atomic mass is 16.5. The third kappa shape index (κ3) is 1.75. The van der Waals surface area contributed by atoms with Gasteiger partial charge < -0.3 is 14.0 Å². The van der Waals surface area contributed by atoms with Crippen LogP contribution in [-0.2, 0) is 11.3 Å². The zero-order valence-corrected chi connectivity index (χ0v) is 10.2. The number of carbonyl (C=O) groups is 1. The number of rotatable bonds is 3. The first-order chi connectivity index (χ1) is 8.22. The summed E-state index contributed by atoms with van der Waals surface area (Å²) in [6, 6.07) is 7.56. The highest BCUT2D eigenvalue weighted by Crippen LogP contribution is 2.29. The lowest BCUT2D eigenvalue weighted by atomic mass is 10.2. The molecule has 1 heterocycles. The van der Waals surface area contributed by atoms with E-state index in [1.54, 1.807) is 7.11 Å². The number of fused-ring (bicyclic) bond motifs is 1. The second-order valence-corrected chi connectivity index (χ2v) is 3.66. The molecule has 0 saturated heterocycles. The highest BCUT2D eigenvalue weighted by Gasteiger charge is 2.16. The van der Waals surface area contributed by atoms with Crippen LogP contribution in [0.4, 0.5) is 0 Å². The molecule has 0 atom stereocenters. The van der Waals surface area contributed by atoms with Gasteiger partial charge in [-0.3, -0.25) is 0 Å². The first-order valence-corrected chi connectivity index (χ1v) is 5.47. The van der Waals surface area contributed by atoms with Crippen molar-refractivity contribution in [1.29, 1.82) is 0 Å². The fraction of sp³-hybridized carbons (Fsp3) is 0.308. The molecule has 0 spiro atoms. The number of esters is 1. The first kappa shape index (κ1) is 11.5. The molecule has 2 aromatic rings. The predicted molar refractivity (Wildman–Crippen MR) is 65.5 cm³/mol. The fourth-order valence-electron chi connectivity index (χ4n) is 2.05. The van der Waals surface area contributed by atoms with Crippen LogP contribution in [0.25, 0.3) is 10.9 Å². The minimum Gasteiger partial charge on any atom is -0.496 e. The van der Waals surface area contributed by atoms with Gasteiger partial charge >= 0.3 is 5.97 Å². The van der Waals surface area contributed by atoms with Crippen LogP contribution in [0, 0.1) is 0 Å². The van der Waals surface area contributed by atoms with E-state index in [1.807, 2.05) is 35.8 Å². The summed E-state index contributed by atoms with van der Waals surface area (Å²) in [5, 5.41) is 0.928. The molecule has 0 aliphatic heterocycles. The van der Waals surface area contributed by atoms with E-state index in [2.05, 4.69) is 0 Å². The molecule has 4 heteroatoms. The van der Waals surface area contributed by atoms with E-state index in [4.69, 9.17) is 9.47 Å². The Labute approximate surface area is 99.7 Å². The number of carbonyl (C=O) groups excluding carboxylic acids is 1. The van der Waals surface area contributed by atoms with E-state index in [0.29, 0.717) is 12.2 Å². The minimum atomic E-state index is -0.329. The standard InChI is InChI=1S/C13H15NO3/c1-4-14-10-6-5-7-12(16-2)9(10)8-11(14)13(15)17-3/h5-8H,4H2,1-3H3. The topological polar surface area (TPSA) is 40.5 Å². The minimum absolute atomic E-state index is 0.329. The Morgan fingerprint density at radius 1 is 1.35 bits per heavy atom. The molecule has 0 bridgehead atoms. The summed E-state index contributed by atoms with van der Waals surface area (Å²) >= 11 is 0. The van der Waals surface area contributed by atoms with Gasteiger partial charge in [0.15, 0.2) is 0 Å². The van der Waals surface area contributed by atoms with Crippen LogP contribution in [0.3, 0.4) is 0 Å². The lowest BCUT2D eigenvalue weighted by Crippen LogP contribution is -2.09. The van der Waals surface area contributed by atoms with E-state index in [9.17, 15) is 4.79 Å². The molecule has 2 rings (SSSR count). The number of nitrogens with zero attached hydrogens (tertiary/aromatic N) is 1. The average Bonchev–Trinajstić information content (AvgIpc) is 2.75. The van der Waals surface area contributed by atoms with E-state index < -0.39 is 0 Å². The van der Waals surface area contributed by atoms with Crippen molar-refractivity contribution < 1.29 is 14.3 Å². The lowest BCUT2D eigenvalue weighted by molar-refractivity contribution is 0.0589.